The minimum absolute atomic E-state index is 0.189. The molecule has 3 aliphatic carbocycles. The molecule has 31 heavy (non-hydrogen) atoms. The molecule has 7 rings (SSSR count). The van der Waals surface area contributed by atoms with Gasteiger partial charge in [0, 0.05) is 10.4 Å². The van der Waals surface area contributed by atoms with Gasteiger partial charge in [-0.1, -0.05) is 54.6 Å². The third kappa shape index (κ3) is 2.18. The van der Waals surface area contributed by atoms with Gasteiger partial charge in [0.1, 0.15) is 0 Å². The maximum absolute atomic E-state index is 13.9. The first-order valence-electron chi connectivity index (χ1n) is 10.4. The number of imide groups is 1. The summed E-state index contributed by atoms with van der Waals surface area (Å²) in [5.74, 6) is -1.78. The molecule has 5 heteroatoms. The van der Waals surface area contributed by atoms with Gasteiger partial charge in [0.2, 0.25) is 11.8 Å². The Hall–Kier alpha value is -2.76. The Kier molecular flexibility index (Phi) is 3.90. The summed E-state index contributed by atoms with van der Waals surface area (Å²) in [6.07, 6.45) is 0. The lowest BCUT2D eigenvalue weighted by atomic mass is 9.47. The Morgan fingerprint density at radius 3 is 2.13 bits per heavy atom. The van der Waals surface area contributed by atoms with Crippen molar-refractivity contribution in [3.05, 3.63) is 99.0 Å². The van der Waals surface area contributed by atoms with Crippen molar-refractivity contribution in [2.24, 2.45) is 11.8 Å². The topological polar surface area (TPSA) is 57.6 Å². The van der Waals surface area contributed by atoms with Crippen LogP contribution in [-0.2, 0) is 15.0 Å². The normalized spacial score (nSPS) is 27.8. The number of rotatable bonds is 2. The number of hydrogen-bond acceptors (Lipinski definition) is 3. The molecule has 0 radical (unpaired) electrons. The van der Waals surface area contributed by atoms with Gasteiger partial charge in [-0.25, -0.2) is 4.90 Å². The van der Waals surface area contributed by atoms with Gasteiger partial charge in [0.25, 0.3) is 0 Å². The molecule has 1 aliphatic heterocycles. The number of amides is 2. The lowest BCUT2D eigenvalue weighted by Crippen LogP contribution is -2.55. The van der Waals surface area contributed by atoms with E-state index in [-0.39, 0.29) is 24.3 Å². The number of carbonyl (C=O) groups excluding carboxylic acids is 2. The van der Waals surface area contributed by atoms with E-state index < -0.39 is 17.3 Å². The van der Waals surface area contributed by atoms with E-state index >= 15 is 0 Å². The number of aryl methyl sites for hydroxylation is 1. The Morgan fingerprint density at radius 2 is 1.55 bits per heavy atom. The predicted molar refractivity (Wildman–Crippen MR) is 121 cm³/mol. The third-order valence-corrected chi connectivity index (χ3v) is 8.02. The summed E-state index contributed by atoms with van der Waals surface area (Å²) in [4.78, 5) is 29.1. The van der Waals surface area contributed by atoms with Gasteiger partial charge in [-0.2, -0.15) is 0 Å². The second kappa shape index (κ2) is 6.38. The highest BCUT2D eigenvalue weighted by Gasteiger charge is 2.68. The molecule has 1 heterocycles. The lowest BCUT2D eigenvalue weighted by molar-refractivity contribution is -0.124. The van der Waals surface area contributed by atoms with Gasteiger partial charge >= 0.3 is 0 Å². The van der Waals surface area contributed by atoms with E-state index in [1.807, 2.05) is 73.7 Å². The predicted octanol–water partition coefficient (Wildman–Crippen LogP) is 4.30. The molecule has 0 saturated carbocycles. The molecular formula is C26H20BrNO3. The highest BCUT2D eigenvalue weighted by atomic mass is 79.9. The fourth-order valence-corrected chi connectivity index (χ4v) is 6.90. The van der Waals surface area contributed by atoms with E-state index in [1.54, 1.807) is 0 Å². The zero-order valence-corrected chi connectivity index (χ0v) is 18.5. The molecule has 154 valence electrons. The first kappa shape index (κ1) is 19.0. The highest BCUT2D eigenvalue weighted by molar-refractivity contribution is 9.10. The van der Waals surface area contributed by atoms with E-state index in [4.69, 9.17) is 0 Å². The number of aliphatic hydroxyl groups is 1. The van der Waals surface area contributed by atoms with Crippen LogP contribution in [0.4, 0.5) is 5.69 Å². The van der Waals surface area contributed by atoms with Crippen LogP contribution in [0.25, 0.3) is 0 Å². The van der Waals surface area contributed by atoms with Crippen LogP contribution in [0.2, 0.25) is 0 Å². The molecule has 4 aliphatic rings. The fourth-order valence-electron chi connectivity index (χ4n) is 6.23. The summed E-state index contributed by atoms with van der Waals surface area (Å²) in [5.41, 5.74) is 4.70. The number of halogens is 1. The van der Waals surface area contributed by atoms with Crippen molar-refractivity contribution in [1.29, 1.82) is 0 Å². The summed E-state index contributed by atoms with van der Waals surface area (Å²) < 4.78 is 0.716. The molecule has 0 aromatic heterocycles. The van der Waals surface area contributed by atoms with Crippen molar-refractivity contribution in [3.63, 3.8) is 0 Å². The van der Waals surface area contributed by atoms with Crippen LogP contribution in [0, 0.1) is 18.8 Å². The second-order valence-electron chi connectivity index (χ2n) is 8.75. The molecular weight excluding hydrogens is 454 g/mol. The zero-order valence-electron chi connectivity index (χ0n) is 16.9. The lowest BCUT2D eigenvalue weighted by Gasteiger charge is -2.53. The van der Waals surface area contributed by atoms with Gasteiger partial charge in [0.15, 0.2) is 0 Å². The van der Waals surface area contributed by atoms with Gasteiger partial charge < -0.3 is 5.11 Å². The van der Waals surface area contributed by atoms with E-state index in [0.717, 1.165) is 27.8 Å². The van der Waals surface area contributed by atoms with Crippen LogP contribution < -0.4 is 4.90 Å². The Labute approximate surface area is 188 Å². The second-order valence-corrected chi connectivity index (χ2v) is 9.61. The van der Waals surface area contributed by atoms with Crippen LogP contribution >= 0.6 is 15.9 Å². The molecule has 3 aromatic carbocycles. The van der Waals surface area contributed by atoms with Gasteiger partial charge in [0.05, 0.1) is 29.5 Å². The van der Waals surface area contributed by atoms with E-state index in [1.165, 1.54) is 4.90 Å². The largest absolute Gasteiger partial charge is 0.395 e. The van der Waals surface area contributed by atoms with Crippen LogP contribution in [0.15, 0.2) is 71.2 Å². The highest BCUT2D eigenvalue weighted by Crippen LogP contribution is 2.64. The minimum atomic E-state index is -0.925. The van der Waals surface area contributed by atoms with Crippen LogP contribution in [0.5, 0.6) is 0 Å². The molecule has 2 amide bonds. The first-order chi connectivity index (χ1) is 15.0. The number of carbonyl (C=O) groups is 2. The third-order valence-electron chi connectivity index (χ3n) is 7.39. The van der Waals surface area contributed by atoms with Gasteiger partial charge in [-0.15, -0.1) is 0 Å². The van der Waals surface area contributed by atoms with Gasteiger partial charge in [-0.05, 0) is 62.8 Å². The molecule has 1 fully saturated rings. The minimum Gasteiger partial charge on any atom is -0.395 e. The number of nitrogens with zero attached hydrogens (tertiary/aromatic N) is 1. The Morgan fingerprint density at radius 1 is 0.935 bits per heavy atom. The van der Waals surface area contributed by atoms with Gasteiger partial charge in [-0.3, -0.25) is 9.59 Å². The average Bonchev–Trinajstić information content (AvgIpc) is 3.05. The van der Waals surface area contributed by atoms with Crippen molar-refractivity contribution in [1.82, 2.24) is 0 Å². The maximum atomic E-state index is 13.9. The number of hydrogen-bond donors (Lipinski definition) is 1. The fraction of sp³-hybridized carbons (Fsp3) is 0.231. The van der Waals surface area contributed by atoms with E-state index in [2.05, 4.69) is 15.9 Å². The Bertz CT molecular complexity index is 1240. The number of aliphatic hydroxyl groups excluding tert-OH is 1. The summed E-state index contributed by atoms with van der Waals surface area (Å²) in [6.45, 7) is 1.74. The molecule has 3 aromatic rings. The number of anilines is 1. The van der Waals surface area contributed by atoms with Crippen LogP contribution in [0.1, 0.15) is 33.7 Å². The van der Waals surface area contributed by atoms with Crippen molar-refractivity contribution < 1.29 is 14.7 Å². The molecule has 1 saturated heterocycles. The van der Waals surface area contributed by atoms with Crippen molar-refractivity contribution >= 4 is 33.4 Å². The Balaban J connectivity index is 1.64. The zero-order chi connectivity index (χ0) is 21.5. The molecule has 0 unspecified atom stereocenters. The monoisotopic (exact) mass is 473 g/mol. The summed E-state index contributed by atoms with van der Waals surface area (Å²) >= 11 is 3.55. The smallest absolute Gasteiger partial charge is 0.239 e. The van der Waals surface area contributed by atoms with Crippen molar-refractivity contribution in [2.75, 3.05) is 11.5 Å². The number of benzene rings is 3. The van der Waals surface area contributed by atoms with E-state index in [0.29, 0.717) is 10.2 Å². The van der Waals surface area contributed by atoms with E-state index in [9.17, 15) is 14.7 Å². The molecule has 2 atom stereocenters. The SMILES string of the molecule is Cc1ccc(N2C(=O)[C@@H]3C4c5ccccc5C(CO)(c5ccccc54)[C@H]3C2=O)c(Br)c1. The average molecular weight is 474 g/mol. The molecule has 4 nitrogen and oxygen atoms in total. The quantitative estimate of drug-likeness (QED) is 0.564. The molecule has 1 N–H and O–H groups in total. The van der Waals surface area contributed by atoms with Crippen molar-refractivity contribution in [3.8, 4) is 0 Å². The summed E-state index contributed by atoms with van der Waals surface area (Å²) in [5, 5.41) is 10.9. The molecule has 2 bridgehead atoms. The van der Waals surface area contributed by atoms with Crippen LogP contribution in [-0.4, -0.2) is 23.5 Å². The van der Waals surface area contributed by atoms with Crippen molar-refractivity contribution in [2.45, 2.75) is 18.3 Å². The standard InChI is InChI=1S/C26H20BrNO3/c1-14-10-11-20(19(27)12-14)28-24(30)22-21-15-6-2-4-8-17(15)26(13-29,23(22)25(28)31)18-9-5-3-7-16(18)21/h2-12,21-23,29H,13H2,1H3/t21?,22-,23-,26?/m1/s1. The first-order valence-corrected chi connectivity index (χ1v) is 11.2. The van der Waals surface area contributed by atoms with Crippen LogP contribution in [0.3, 0.4) is 0 Å². The summed E-state index contributed by atoms with van der Waals surface area (Å²) in [6, 6.07) is 21.6. The maximum Gasteiger partial charge on any atom is 0.239 e. The summed E-state index contributed by atoms with van der Waals surface area (Å²) in [7, 11) is 0. The molecule has 0 spiro atoms.